The van der Waals surface area contributed by atoms with Crippen molar-refractivity contribution in [3.8, 4) is 0 Å². The number of hydrogen-bond donors (Lipinski definition) is 4. The van der Waals surface area contributed by atoms with Crippen LogP contribution in [0.2, 0.25) is 0 Å². The molecule has 2 amide bonds. The summed E-state index contributed by atoms with van der Waals surface area (Å²) in [5.74, 6) is -0.928. The first-order valence-electron chi connectivity index (χ1n) is 5.30. The normalized spacial score (nSPS) is 10.9. The molecule has 0 unspecified atom stereocenters. The van der Waals surface area contributed by atoms with Gasteiger partial charge < -0.3 is 21.1 Å². The number of rotatable bonds is 7. The lowest BCUT2D eigenvalue weighted by molar-refractivity contribution is -0.146. The van der Waals surface area contributed by atoms with Gasteiger partial charge in [-0.25, -0.2) is 4.79 Å². The average molecular weight is 231 g/mol. The number of amides is 2. The lowest BCUT2D eigenvalue weighted by atomic mass is 9.94. The molecule has 0 fully saturated rings. The predicted molar refractivity (Wildman–Crippen MR) is 61.4 cm³/mol. The van der Waals surface area contributed by atoms with Gasteiger partial charge in [-0.2, -0.15) is 0 Å². The number of nitrogens with one attached hydrogen (secondary N) is 3. The zero-order valence-corrected chi connectivity index (χ0v) is 10.1. The van der Waals surface area contributed by atoms with E-state index in [0.29, 0.717) is 6.54 Å². The predicted octanol–water partition coefficient (Wildman–Crippen LogP) is 0.00590. The van der Waals surface area contributed by atoms with Crippen LogP contribution in [0.4, 0.5) is 4.79 Å². The van der Waals surface area contributed by atoms with Crippen molar-refractivity contribution < 1.29 is 14.7 Å². The van der Waals surface area contributed by atoms with E-state index in [1.165, 1.54) is 0 Å². The van der Waals surface area contributed by atoms with E-state index in [0.717, 1.165) is 13.0 Å². The number of carboxylic acid groups (broad SMARTS) is 1. The van der Waals surface area contributed by atoms with E-state index in [2.05, 4.69) is 16.0 Å². The Labute approximate surface area is 95.8 Å². The Morgan fingerprint density at radius 2 is 1.81 bits per heavy atom. The Kier molecular flexibility index (Phi) is 6.48. The van der Waals surface area contributed by atoms with E-state index in [9.17, 15) is 9.59 Å². The third-order valence-corrected chi connectivity index (χ3v) is 2.16. The standard InChI is InChI=1S/C10H21N3O3/c1-10(2,8(14)15)7-13-9(16)12-6-4-5-11-3/h11H,4-7H2,1-3H3,(H,14,15)(H2,12,13,16). The van der Waals surface area contributed by atoms with Crippen molar-refractivity contribution in [3.05, 3.63) is 0 Å². The Morgan fingerprint density at radius 3 is 2.31 bits per heavy atom. The van der Waals surface area contributed by atoms with E-state index in [-0.39, 0.29) is 12.6 Å². The molecular formula is C10H21N3O3. The second kappa shape index (κ2) is 7.05. The highest BCUT2D eigenvalue weighted by molar-refractivity contribution is 5.77. The minimum Gasteiger partial charge on any atom is -0.481 e. The van der Waals surface area contributed by atoms with Gasteiger partial charge in [-0.3, -0.25) is 4.79 Å². The molecule has 6 nitrogen and oxygen atoms in total. The van der Waals surface area contributed by atoms with Gasteiger partial charge in [-0.15, -0.1) is 0 Å². The van der Waals surface area contributed by atoms with Crippen LogP contribution >= 0.6 is 0 Å². The zero-order valence-electron chi connectivity index (χ0n) is 10.1. The van der Waals surface area contributed by atoms with Crippen LogP contribution in [0.15, 0.2) is 0 Å². The Morgan fingerprint density at radius 1 is 1.19 bits per heavy atom. The lowest BCUT2D eigenvalue weighted by Gasteiger charge is -2.19. The molecule has 0 aromatic carbocycles. The molecule has 0 aliphatic heterocycles. The summed E-state index contributed by atoms with van der Waals surface area (Å²) in [4.78, 5) is 22.0. The van der Waals surface area contributed by atoms with Crippen LogP contribution in [0.5, 0.6) is 0 Å². The van der Waals surface area contributed by atoms with Crippen molar-refractivity contribution in [1.82, 2.24) is 16.0 Å². The summed E-state index contributed by atoms with van der Waals surface area (Å²) < 4.78 is 0. The maximum Gasteiger partial charge on any atom is 0.314 e. The third-order valence-electron chi connectivity index (χ3n) is 2.16. The minimum absolute atomic E-state index is 0.111. The fraction of sp³-hybridized carbons (Fsp3) is 0.800. The number of aliphatic carboxylic acids is 1. The van der Waals surface area contributed by atoms with Gasteiger partial charge in [0.25, 0.3) is 0 Å². The van der Waals surface area contributed by atoms with Gasteiger partial charge in [-0.05, 0) is 33.9 Å². The fourth-order valence-corrected chi connectivity index (χ4v) is 0.906. The SMILES string of the molecule is CNCCCNC(=O)NCC(C)(C)C(=O)O. The van der Waals surface area contributed by atoms with E-state index >= 15 is 0 Å². The average Bonchev–Trinajstić information content (AvgIpc) is 2.21. The highest BCUT2D eigenvalue weighted by Crippen LogP contribution is 2.12. The molecule has 0 atom stereocenters. The van der Waals surface area contributed by atoms with Crippen LogP contribution in [0.1, 0.15) is 20.3 Å². The van der Waals surface area contributed by atoms with Crippen LogP contribution in [0.3, 0.4) is 0 Å². The van der Waals surface area contributed by atoms with Crippen LogP contribution in [0.25, 0.3) is 0 Å². The number of carbonyl (C=O) groups is 2. The van der Waals surface area contributed by atoms with Gasteiger partial charge in [0.1, 0.15) is 0 Å². The molecule has 0 aromatic heterocycles. The largest absolute Gasteiger partial charge is 0.481 e. The maximum absolute atomic E-state index is 11.2. The molecule has 16 heavy (non-hydrogen) atoms. The Bertz CT molecular complexity index is 241. The zero-order chi connectivity index (χ0) is 12.6. The quantitative estimate of drug-likeness (QED) is 0.464. The van der Waals surface area contributed by atoms with Gasteiger partial charge >= 0.3 is 12.0 Å². The second-order valence-electron chi connectivity index (χ2n) is 4.26. The summed E-state index contributed by atoms with van der Waals surface area (Å²) in [6, 6.07) is -0.328. The maximum atomic E-state index is 11.2. The van der Waals surface area contributed by atoms with Crippen LogP contribution in [-0.2, 0) is 4.79 Å². The summed E-state index contributed by atoms with van der Waals surface area (Å²) in [5.41, 5.74) is -0.942. The topological polar surface area (TPSA) is 90.5 Å². The summed E-state index contributed by atoms with van der Waals surface area (Å²) in [6.07, 6.45) is 0.840. The van der Waals surface area contributed by atoms with Gasteiger partial charge in [0.05, 0.1) is 5.41 Å². The highest BCUT2D eigenvalue weighted by Gasteiger charge is 2.27. The molecule has 6 heteroatoms. The van der Waals surface area contributed by atoms with Gasteiger partial charge in [-0.1, -0.05) is 0 Å². The van der Waals surface area contributed by atoms with Crippen molar-refractivity contribution in [3.63, 3.8) is 0 Å². The first-order valence-corrected chi connectivity index (χ1v) is 5.30. The monoisotopic (exact) mass is 231 g/mol. The Hall–Kier alpha value is -1.30. The van der Waals surface area contributed by atoms with Gasteiger partial charge in [0.2, 0.25) is 0 Å². The number of urea groups is 1. The molecule has 0 heterocycles. The summed E-state index contributed by atoms with van der Waals surface area (Å²) in [5, 5.41) is 17.0. The number of carboxylic acids is 1. The molecule has 4 N–H and O–H groups in total. The molecule has 0 spiro atoms. The molecule has 0 saturated heterocycles. The van der Waals surface area contributed by atoms with Crippen LogP contribution in [0, 0.1) is 5.41 Å². The molecule has 0 bridgehead atoms. The second-order valence-corrected chi connectivity index (χ2v) is 4.26. The molecule has 0 aliphatic carbocycles. The van der Waals surface area contributed by atoms with Crippen LogP contribution in [-0.4, -0.2) is 43.8 Å². The molecule has 0 saturated carbocycles. The van der Waals surface area contributed by atoms with E-state index in [1.807, 2.05) is 7.05 Å². The lowest BCUT2D eigenvalue weighted by Crippen LogP contribution is -2.43. The summed E-state index contributed by atoms with van der Waals surface area (Å²) in [6.45, 7) is 4.65. The third kappa shape index (κ3) is 6.23. The fourth-order valence-electron chi connectivity index (χ4n) is 0.906. The number of hydrogen-bond acceptors (Lipinski definition) is 3. The number of carbonyl (C=O) groups excluding carboxylic acids is 1. The molecule has 0 rings (SSSR count). The molecule has 0 aromatic rings. The Balaban J connectivity index is 3.69. The molecular weight excluding hydrogens is 210 g/mol. The van der Waals surface area contributed by atoms with Crippen molar-refractivity contribution in [2.75, 3.05) is 26.7 Å². The molecule has 94 valence electrons. The minimum atomic E-state index is -0.942. The van der Waals surface area contributed by atoms with Crippen molar-refractivity contribution in [1.29, 1.82) is 0 Å². The summed E-state index contributed by atoms with van der Waals surface area (Å²) in [7, 11) is 1.84. The van der Waals surface area contributed by atoms with Crippen molar-refractivity contribution in [2.45, 2.75) is 20.3 Å². The van der Waals surface area contributed by atoms with Crippen molar-refractivity contribution in [2.24, 2.45) is 5.41 Å². The van der Waals surface area contributed by atoms with Crippen molar-refractivity contribution >= 4 is 12.0 Å². The van der Waals surface area contributed by atoms with Crippen LogP contribution < -0.4 is 16.0 Å². The van der Waals surface area contributed by atoms with Gasteiger partial charge in [0, 0.05) is 13.1 Å². The smallest absolute Gasteiger partial charge is 0.314 e. The van der Waals surface area contributed by atoms with Gasteiger partial charge in [0.15, 0.2) is 0 Å². The summed E-state index contributed by atoms with van der Waals surface area (Å²) >= 11 is 0. The first kappa shape index (κ1) is 14.7. The molecule has 0 radical (unpaired) electrons. The first-order chi connectivity index (χ1) is 7.40. The van der Waals surface area contributed by atoms with E-state index < -0.39 is 11.4 Å². The van der Waals surface area contributed by atoms with E-state index in [4.69, 9.17) is 5.11 Å². The highest BCUT2D eigenvalue weighted by atomic mass is 16.4. The van der Waals surface area contributed by atoms with E-state index in [1.54, 1.807) is 13.8 Å². The molecule has 0 aliphatic rings.